The van der Waals surface area contributed by atoms with Crippen molar-refractivity contribution in [3.05, 3.63) is 77.7 Å². The number of amides is 1. The zero-order valence-corrected chi connectivity index (χ0v) is 23.9. The fourth-order valence-corrected chi connectivity index (χ4v) is 6.64. The highest BCUT2D eigenvalue weighted by Crippen LogP contribution is 2.49. The van der Waals surface area contributed by atoms with Crippen molar-refractivity contribution in [3.8, 4) is 16.9 Å². The number of nitrogens with zero attached hydrogens (tertiary/aromatic N) is 4. The average Bonchev–Trinajstić information content (AvgIpc) is 3.52. The SMILES string of the molecule is Cc1ccc(O[C@@H]([SiH3])[C@@H]2CCN2C)cc1C(=O)NC1(c2cc(-c3cnn(C)c3)cc3ncccc23)CC1. The largest absolute Gasteiger partial charge is 0.494 e. The smallest absolute Gasteiger partial charge is 0.252 e. The molecule has 2 atom stereocenters. The van der Waals surface area contributed by atoms with Gasteiger partial charge in [-0.25, -0.2) is 0 Å². The molecule has 2 aliphatic rings. The summed E-state index contributed by atoms with van der Waals surface area (Å²) in [7, 11) is 5.00. The lowest BCUT2D eigenvalue weighted by molar-refractivity contribution is 0.0562. The first-order valence-electron chi connectivity index (χ1n) is 13.0. The molecule has 7 nitrogen and oxygen atoms in total. The summed E-state index contributed by atoms with van der Waals surface area (Å²) < 4.78 is 8.12. The Bertz CT molecular complexity index is 1490. The van der Waals surface area contributed by atoms with Crippen molar-refractivity contribution in [2.45, 2.75) is 43.5 Å². The van der Waals surface area contributed by atoms with Gasteiger partial charge in [-0.1, -0.05) is 12.1 Å². The van der Waals surface area contributed by atoms with Gasteiger partial charge < -0.3 is 15.0 Å². The molecule has 6 rings (SSSR count). The lowest BCUT2D eigenvalue weighted by Crippen LogP contribution is -2.53. The maximum absolute atomic E-state index is 13.7. The highest BCUT2D eigenvalue weighted by Gasteiger charge is 2.47. The number of hydrogen-bond acceptors (Lipinski definition) is 5. The van der Waals surface area contributed by atoms with Gasteiger partial charge >= 0.3 is 0 Å². The number of nitrogens with one attached hydrogen (secondary N) is 1. The molecule has 2 aromatic carbocycles. The van der Waals surface area contributed by atoms with Crippen LogP contribution in [0.25, 0.3) is 22.0 Å². The molecule has 1 saturated carbocycles. The molecule has 2 aromatic heterocycles. The number of pyridine rings is 1. The average molecular weight is 512 g/mol. The molecule has 1 aliphatic heterocycles. The standard InChI is InChI=1S/C29H33N5O2Si/c1-18-6-7-21(36-28(37)26-8-12-33(26)2)15-23(18)27(35)32-29(9-10-29)24-13-19(20-16-31-34(3)17-20)14-25-22(24)5-4-11-30-25/h4-7,11,13-17,26,28H,8-10,12H2,1-3,37H3,(H,32,35)/t26-,28-/m0/s1. The molecule has 37 heavy (non-hydrogen) atoms. The van der Waals surface area contributed by atoms with E-state index in [0.29, 0.717) is 11.6 Å². The molecule has 0 unspecified atom stereocenters. The molecule has 0 spiro atoms. The molecular weight excluding hydrogens is 478 g/mol. The Balaban J connectivity index is 1.30. The third-order valence-electron chi connectivity index (χ3n) is 8.04. The fraction of sp³-hybridized carbons (Fsp3) is 0.345. The predicted octanol–water partition coefficient (Wildman–Crippen LogP) is 3.14. The molecule has 190 valence electrons. The number of carbonyl (C=O) groups is 1. The number of aryl methyl sites for hydroxylation is 2. The van der Waals surface area contributed by atoms with Gasteiger partial charge in [0.15, 0.2) is 0 Å². The van der Waals surface area contributed by atoms with Crippen molar-refractivity contribution in [1.82, 2.24) is 25.0 Å². The number of likely N-dealkylation sites (tertiary alicyclic amines) is 1. The van der Waals surface area contributed by atoms with Crippen LogP contribution in [0.3, 0.4) is 0 Å². The molecule has 1 saturated heterocycles. The molecule has 1 N–H and O–H groups in total. The van der Waals surface area contributed by atoms with Gasteiger partial charge in [0.25, 0.3) is 5.91 Å². The van der Waals surface area contributed by atoms with Gasteiger partial charge in [0.2, 0.25) is 0 Å². The maximum atomic E-state index is 13.7. The summed E-state index contributed by atoms with van der Waals surface area (Å²) in [6, 6.07) is 14.7. The molecule has 1 aliphatic carbocycles. The van der Waals surface area contributed by atoms with Gasteiger partial charge in [-0.3, -0.25) is 14.5 Å². The van der Waals surface area contributed by atoms with Crippen LogP contribution in [0.2, 0.25) is 0 Å². The lowest BCUT2D eigenvalue weighted by Gasteiger charge is -2.41. The zero-order chi connectivity index (χ0) is 25.7. The number of benzene rings is 2. The fourth-order valence-electron chi connectivity index (χ4n) is 5.53. The van der Waals surface area contributed by atoms with E-state index in [9.17, 15) is 4.79 Å². The van der Waals surface area contributed by atoms with Gasteiger partial charge in [-0.2, -0.15) is 5.10 Å². The molecule has 8 heteroatoms. The Labute approximate surface area is 220 Å². The number of ether oxygens (including phenoxy) is 1. The van der Waals surface area contributed by atoms with Gasteiger partial charge in [-0.05, 0) is 86.8 Å². The molecule has 1 amide bonds. The second-order valence-corrected chi connectivity index (χ2v) is 11.8. The van der Waals surface area contributed by atoms with Crippen LogP contribution < -0.4 is 10.1 Å². The van der Waals surface area contributed by atoms with Crippen LogP contribution >= 0.6 is 0 Å². The summed E-state index contributed by atoms with van der Waals surface area (Å²) in [6.45, 7) is 3.11. The van der Waals surface area contributed by atoms with Crippen molar-refractivity contribution in [1.29, 1.82) is 0 Å². The second kappa shape index (κ2) is 9.11. The van der Waals surface area contributed by atoms with Crippen molar-refractivity contribution in [2.75, 3.05) is 13.6 Å². The molecule has 0 bridgehead atoms. The van der Waals surface area contributed by atoms with Crippen LogP contribution in [0.5, 0.6) is 5.75 Å². The topological polar surface area (TPSA) is 72.3 Å². The Morgan fingerprint density at radius 2 is 2.03 bits per heavy atom. The summed E-state index contributed by atoms with van der Waals surface area (Å²) in [5.74, 6) is 0.712. The normalized spacial score (nSPS) is 19.4. The quantitative estimate of drug-likeness (QED) is 0.386. The summed E-state index contributed by atoms with van der Waals surface area (Å²) in [4.78, 5) is 20.7. The van der Waals surface area contributed by atoms with E-state index in [4.69, 9.17) is 4.74 Å². The summed E-state index contributed by atoms with van der Waals surface area (Å²) >= 11 is 0. The van der Waals surface area contributed by atoms with Crippen LogP contribution in [0.4, 0.5) is 0 Å². The number of aromatic nitrogens is 3. The van der Waals surface area contributed by atoms with E-state index in [1.807, 2.05) is 56.8 Å². The predicted molar refractivity (Wildman–Crippen MR) is 149 cm³/mol. The third-order valence-corrected chi connectivity index (χ3v) is 9.04. The van der Waals surface area contributed by atoms with Crippen LogP contribution in [0.15, 0.2) is 61.1 Å². The van der Waals surface area contributed by atoms with Crippen molar-refractivity contribution in [2.24, 2.45) is 7.05 Å². The Morgan fingerprint density at radius 1 is 1.19 bits per heavy atom. The maximum Gasteiger partial charge on any atom is 0.252 e. The number of carbonyl (C=O) groups excluding carboxylic acids is 1. The van der Waals surface area contributed by atoms with E-state index < -0.39 is 5.54 Å². The number of fused-ring (bicyclic) bond motifs is 1. The minimum absolute atomic E-state index is 0.0602. The van der Waals surface area contributed by atoms with Crippen LogP contribution in [0.1, 0.15) is 40.7 Å². The van der Waals surface area contributed by atoms with E-state index >= 15 is 0 Å². The summed E-state index contributed by atoms with van der Waals surface area (Å²) in [6.07, 6.45) is 8.65. The third kappa shape index (κ3) is 4.44. The van der Waals surface area contributed by atoms with Crippen LogP contribution in [-0.4, -0.2) is 61.2 Å². The van der Waals surface area contributed by atoms with Gasteiger partial charge in [0.1, 0.15) is 5.75 Å². The molecule has 4 aromatic rings. The number of hydrogen-bond donors (Lipinski definition) is 1. The van der Waals surface area contributed by atoms with Gasteiger partial charge in [0, 0.05) is 42.0 Å². The molecule has 0 radical (unpaired) electrons. The highest BCUT2D eigenvalue weighted by atomic mass is 28.1. The number of likely N-dealkylation sites (N-methyl/N-ethyl adjacent to an activating group) is 1. The van der Waals surface area contributed by atoms with Crippen molar-refractivity contribution < 1.29 is 9.53 Å². The van der Waals surface area contributed by atoms with E-state index in [-0.39, 0.29) is 11.6 Å². The number of rotatable bonds is 7. The molecular formula is C29H33N5O2Si. The van der Waals surface area contributed by atoms with E-state index in [2.05, 4.69) is 45.5 Å². The first-order valence-corrected chi connectivity index (χ1v) is 14.2. The van der Waals surface area contributed by atoms with E-state index in [0.717, 1.165) is 68.5 Å². The summed E-state index contributed by atoms with van der Waals surface area (Å²) in [5.41, 5.74) is 5.55. The lowest BCUT2D eigenvalue weighted by atomic mass is 9.94. The highest BCUT2D eigenvalue weighted by molar-refractivity contribution is 6.11. The van der Waals surface area contributed by atoms with Gasteiger partial charge in [-0.15, -0.1) is 0 Å². The first-order chi connectivity index (χ1) is 17.8. The Morgan fingerprint density at radius 3 is 2.70 bits per heavy atom. The second-order valence-electron chi connectivity index (χ2n) is 10.7. The Hall–Kier alpha value is -3.49. The zero-order valence-electron chi connectivity index (χ0n) is 21.9. The Kier molecular flexibility index (Phi) is 5.88. The summed E-state index contributed by atoms with van der Waals surface area (Å²) in [5, 5.41) is 8.83. The van der Waals surface area contributed by atoms with E-state index in [1.54, 1.807) is 4.68 Å². The van der Waals surface area contributed by atoms with Crippen LogP contribution in [-0.2, 0) is 12.6 Å². The van der Waals surface area contributed by atoms with Crippen molar-refractivity contribution >= 4 is 27.1 Å². The minimum atomic E-state index is -0.408. The van der Waals surface area contributed by atoms with Gasteiger partial charge in [0.05, 0.1) is 33.2 Å². The first kappa shape index (κ1) is 23.9. The molecule has 2 fully saturated rings. The molecule has 3 heterocycles. The van der Waals surface area contributed by atoms with E-state index in [1.165, 1.54) is 6.42 Å². The van der Waals surface area contributed by atoms with Crippen molar-refractivity contribution in [3.63, 3.8) is 0 Å². The monoisotopic (exact) mass is 511 g/mol. The van der Waals surface area contributed by atoms with Crippen LogP contribution in [0, 0.1) is 6.92 Å². The minimum Gasteiger partial charge on any atom is -0.494 e.